The minimum atomic E-state index is -1.50. The fraction of sp³-hybridized carbons (Fsp3) is 0.158. The van der Waals surface area contributed by atoms with Crippen LogP contribution in [0.3, 0.4) is 0 Å². The fourth-order valence-corrected chi connectivity index (χ4v) is 3.65. The van der Waals surface area contributed by atoms with Crippen LogP contribution in [-0.4, -0.2) is 30.6 Å². The van der Waals surface area contributed by atoms with Crippen molar-refractivity contribution in [1.82, 2.24) is 5.43 Å². The third-order valence-electron chi connectivity index (χ3n) is 4.78. The van der Waals surface area contributed by atoms with E-state index in [1.807, 2.05) is 0 Å². The Hall–Kier alpha value is -3.19. The number of rotatable bonds is 3. The second kappa shape index (κ2) is 6.21. The molecule has 7 nitrogen and oxygen atoms in total. The number of methoxy groups -OCH3 is 1. The Morgan fingerprint density at radius 2 is 1.81 bits per heavy atom. The molecule has 8 heteroatoms. The lowest BCUT2D eigenvalue weighted by Gasteiger charge is -2.26. The van der Waals surface area contributed by atoms with Gasteiger partial charge in [-0.15, -0.1) is 0 Å². The van der Waals surface area contributed by atoms with Crippen molar-refractivity contribution in [2.75, 3.05) is 12.0 Å². The van der Waals surface area contributed by atoms with Gasteiger partial charge in [-0.3, -0.25) is 15.0 Å². The molecular formula is C19H14ClN3O4. The normalized spacial score (nSPS) is 23.7. The molecule has 0 unspecified atom stereocenters. The highest BCUT2D eigenvalue weighted by molar-refractivity contribution is 6.47. The Balaban J connectivity index is 1.88. The van der Waals surface area contributed by atoms with Gasteiger partial charge in [-0.1, -0.05) is 41.9 Å². The summed E-state index contributed by atoms with van der Waals surface area (Å²) in [5, 5.41) is 4.46. The molecule has 1 saturated heterocycles. The average Bonchev–Trinajstić information content (AvgIpc) is 3.19. The summed E-state index contributed by atoms with van der Waals surface area (Å²) in [5.74, 6) is -2.96. The van der Waals surface area contributed by atoms with Crippen molar-refractivity contribution in [2.45, 2.75) is 5.54 Å². The van der Waals surface area contributed by atoms with E-state index in [0.717, 1.165) is 4.90 Å². The topological polar surface area (TPSA) is 88.1 Å². The highest BCUT2D eigenvalue weighted by Gasteiger charge is 2.67. The van der Waals surface area contributed by atoms with E-state index in [2.05, 4.69) is 10.5 Å². The zero-order valence-electron chi connectivity index (χ0n) is 14.2. The number of hydrazone groups is 1. The molecule has 4 rings (SSSR count). The fourth-order valence-electron chi connectivity index (χ4n) is 3.52. The van der Waals surface area contributed by atoms with Crippen LogP contribution >= 0.6 is 11.6 Å². The summed E-state index contributed by atoms with van der Waals surface area (Å²) in [7, 11) is 1.20. The molecule has 2 aromatic carbocycles. The first-order valence-electron chi connectivity index (χ1n) is 8.13. The highest BCUT2D eigenvalue weighted by Crippen LogP contribution is 2.45. The van der Waals surface area contributed by atoms with Gasteiger partial charge in [0.2, 0.25) is 5.91 Å². The number of fused-ring (bicyclic) bond motifs is 1. The summed E-state index contributed by atoms with van der Waals surface area (Å²) in [5.41, 5.74) is 2.03. The number of ether oxygens (including phenoxy) is 1. The van der Waals surface area contributed by atoms with E-state index >= 15 is 0 Å². The molecule has 2 amide bonds. The number of imide groups is 1. The van der Waals surface area contributed by atoms with E-state index in [4.69, 9.17) is 16.3 Å². The number of amides is 2. The van der Waals surface area contributed by atoms with Crippen LogP contribution in [0.5, 0.6) is 0 Å². The van der Waals surface area contributed by atoms with Gasteiger partial charge in [-0.05, 0) is 29.8 Å². The molecule has 136 valence electrons. The van der Waals surface area contributed by atoms with E-state index in [0.29, 0.717) is 16.3 Å². The lowest BCUT2D eigenvalue weighted by molar-refractivity contribution is -0.133. The summed E-state index contributed by atoms with van der Waals surface area (Å²) < 4.78 is 4.75. The minimum absolute atomic E-state index is 0.129. The quantitative estimate of drug-likeness (QED) is 0.645. The molecule has 2 aliphatic heterocycles. The Bertz CT molecular complexity index is 974. The molecular weight excluding hydrogens is 370 g/mol. The first kappa shape index (κ1) is 17.2. The molecule has 0 aliphatic carbocycles. The monoisotopic (exact) mass is 383 g/mol. The zero-order chi connectivity index (χ0) is 19.2. The Kier molecular flexibility index (Phi) is 3.96. The SMILES string of the molecule is COC(=O)C1=NN[C@@]2(c3ccccc3)C(=O)N(c3ccc(Cl)cc3)C(=O)[C@H]12. The average molecular weight is 384 g/mol. The van der Waals surface area contributed by atoms with E-state index < -0.39 is 29.2 Å². The lowest BCUT2D eigenvalue weighted by atomic mass is 9.79. The molecule has 27 heavy (non-hydrogen) atoms. The Morgan fingerprint density at radius 1 is 1.15 bits per heavy atom. The lowest BCUT2D eigenvalue weighted by Crippen LogP contribution is -2.48. The highest BCUT2D eigenvalue weighted by atomic mass is 35.5. The number of carbonyl (C=O) groups excluding carboxylic acids is 3. The molecule has 0 bridgehead atoms. The number of hydrogen-bond acceptors (Lipinski definition) is 6. The van der Waals surface area contributed by atoms with Gasteiger partial charge in [0.1, 0.15) is 5.92 Å². The van der Waals surface area contributed by atoms with Crippen molar-refractivity contribution >= 4 is 40.8 Å². The zero-order valence-corrected chi connectivity index (χ0v) is 14.9. The third-order valence-corrected chi connectivity index (χ3v) is 5.03. The standard InChI is InChI=1S/C19H14ClN3O4/c1-27-17(25)15-14-16(24)23(13-9-7-12(20)8-10-13)18(26)19(14,22-21-15)11-5-3-2-4-6-11/h2-10,14,22H,1H3/t14-,19+/m0/s1. The summed E-state index contributed by atoms with van der Waals surface area (Å²) >= 11 is 5.91. The van der Waals surface area contributed by atoms with Crippen LogP contribution in [0, 0.1) is 5.92 Å². The van der Waals surface area contributed by atoms with Gasteiger partial charge in [0, 0.05) is 5.02 Å². The van der Waals surface area contributed by atoms with Crippen molar-refractivity contribution in [3.8, 4) is 0 Å². The smallest absolute Gasteiger partial charge is 0.355 e. The first-order valence-corrected chi connectivity index (χ1v) is 8.51. The van der Waals surface area contributed by atoms with Gasteiger partial charge in [-0.25, -0.2) is 9.69 Å². The number of halogens is 1. The number of esters is 1. The molecule has 1 fully saturated rings. The van der Waals surface area contributed by atoms with Gasteiger partial charge in [-0.2, -0.15) is 5.10 Å². The number of anilines is 1. The number of benzene rings is 2. The maximum absolute atomic E-state index is 13.4. The van der Waals surface area contributed by atoms with Crippen LogP contribution in [0.25, 0.3) is 0 Å². The van der Waals surface area contributed by atoms with E-state index in [1.165, 1.54) is 7.11 Å². The predicted octanol–water partition coefficient (Wildman–Crippen LogP) is 1.86. The molecule has 1 N–H and O–H groups in total. The van der Waals surface area contributed by atoms with Gasteiger partial charge < -0.3 is 4.74 Å². The van der Waals surface area contributed by atoms with Crippen molar-refractivity contribution in [3.05, 3.63) is 65.2 Å². The van der Waals surface area contributed by atoms with Gasteiger partial charge in [0.15, 0.2) is 11.3 Å². The summed E-state index contributed by atoms with van der Waals surface area (Å²) in [6, 6.07) is 15.1. The molecule has 0 aromatic heterocycles. The molecule has 0 radical (unpaired) electrons. The second-order valence-electron chi connectivity index (χ2n) is 6.16. The number of carbonyl (C=O) groups is 3. The second-order valence-corrected chi connectivity index (χ2v) is 6.60. The molecule has 2 atom stereocenters. The van der Waals surface area contributed by atoms with Crippen LogP contribution in [0.15, 0.2) is 59.7 Å². The van der Waals surface area contributed by atoms with Gasteiger partial charge in [0.05, 0.1) is 12.8 Å². The van der Waals surface area contributed by atoms with Crippen LogP contribution in [0.4, 0.5) is 5.69 Å². The first-order chi connectivity index (χ1) is 13.0. The number of nitrogens with one attached hydrogen (secondary N) is 1. The van der Waals surface area contributed by atoms with Gasteiger partial charge >= 0.3 is 5.97 Å². The third kappa shape index (κ3) is 2.35. The maximum Gasteiger partial charge on any atom is 0.355 e. The summed E-state index contributed by atoms with van der Waals surface area (Å²) in [4.78, 5) is 39.9. The van der Waals surface area contributed by atoms with E-state index in [1.54, 1.807) is 54.6 Å². The predicted molar refractivity (Wildman–Crippen MR) is 98.1 cm³/mol. The van der Waals surface area contributed by atoms with Crippen molar-refractivity contribution in [1.29, 1.82) is 0 Å². The molecule has 2 aromatic rings. The van der Waals surface area contributed by atoms with Crippen LogP contribution in [-0.2, 0) is 24.7 Å². The van der Waals surface area contributed by atoms with Crippen LogP contribution in [0.1, 0.15) is 5.56 Å². The van der Waals surface area contributed by atoms with E-state index in [-0.39, 0.29) is 5.71 Å². The largest absolute Gasteiger partial charge is 0.464 e. The van der Waals surface area contributed by atoms with Crippen molar-refractivity contribution in [2.24, 2.45) is 11.0 Å². The summed E-state index contributed by atoms with van der Waals surface area (Å²) in [6.07, 6.45) is 0. The molecule has 0 saturated carbocycles. The molecule has 2 heterocycles. The Morgan fingerprint density at radius 3 is 2.44 bits per heavy atom. The van der Waals surface area contributed by atoms with Crippen LogP contribution in [0.2, 0.25) is 5.02 Å². The molecule has 0 spiro atoms. The molecule has 2 aliphatic rings. The van der Waals surface area contributed by atoms with E-state index in [9.17, 15) is 14.4 Å². The van der Waals surface area contributed by atoms with Crippen LogP contribution < -0.4 is 10.3 Å². The van der Waals surface area contributed by atoms with Crippen molar-refractivity contribution in [3.63, 3.8) is 0 Å². The Labute approximate surface area is 159 Å². The maximum atomic E-state index is 13.4. The summed E-state index contributed by atoms with van der Waals surface area (Å²) in [6.45, 7) is 0. The van der Waals surface area contributed by atoms with Gasteiger partial charge in [0.25, 0.3) is 5.91 Å². The minimum Gasteiger partial charge on any atom is -0.464 e. The number of nitrogens with zero attached hydrogens (tertiary/aromatic N) is 2. The number of hydrogen-bond donors (Lipinski definition) is 1. The van der Waals surface area contributed by atoms with Crippen molar-refractivity contribution < 1.29 is 19.1 Å².